The molecule has 0 radical (unpaired) electrons. The van der Waals surface area contributed by atoms with E-state index in [1.165, 1.54) is 75.6 Å². The Morgan fingerprint density at radius 1 is 0.362 bits per heavy atom. The average molecular weight is 893 g/mol. The van der Waals surface area contributed by atoms with Crippen molar-refractivity contribution in [2.45, 2.75) is 26.7 Å². The fourth-order valence-corrected chi connectivity index (χ4v) is 12.5. The Morgan fingerprint density at radius 3 is 1.00 bits per heavy atom. The maximum Gasteiger partial charge on any atom is -0.000884 e. The van der Waals surface area contributed by atoms with Crippen molar-refractivity contribution in [3.05, 3.63) is 230 Å². The molecule has 0 aromatic heterocycles. The van der Waals surface area contributed by atoms with Crippen LogP contribution in [0.25, 0.3) is 32.7 Å². The SMILES string of the molecule is Cc1ccc(C(C)C)cc1.[Cl][Ru].c1ccc(P(c2ccccc2)c2ccc3ccccc3c2-c2c(P(c3ccccc3)c3ccccc3)ccc3ccccc23)cc1. The zero-order valence-corrected chi connectivity index (χ0v) is 37.3. The minimum atomic E-state index is -0.852. The van der Waals surface area contributed by atoms with Gasteiger partial charge in [0.15, 0.2) is 0 Å². The minimum absolute atomic E-state index is 0.653. The van der Waals surface area contributed by atoms with Gasteiger partial charge in [0.05, 0.1) is 0 Å². The molecule has 58 heavy (non-hydrogen) atoms. The molecular formula is C54H46ClP2Ru. The van der Waals surface area contributed by atoms with Gasteiger partial charge < -0.3 is 0 Å². The number of rotatable bonds is 8. The van der Waals surface area contributed by atoms with Crippen LogP contribution in [-0.4, -0.2) is 0 Å². The molecule has 9 aromatic carbocycles. The third-order valence-electron chi connectivity index (χ3n) is 10.3. The Bertz CT molecular complexity index is 2420. The first-order valence-electron chi connectivity index (χ1n) is 19.6. The summed E-state index contributed by atoms with van der Waals surface area (Å²) in [7, 11) is 2.86. The van der Waals surface area contributed by atoms with E-state index in [1.54, 1.807) is 0 Å². The molecule has 0 aliphatic heterocycles. The van der Waals surface area contributed by atoms with Crippen LogP contribution in [0.1, 0.15) is 30.9 Å². The number of fused-ring (bicyclic) bond motifs is 2. The van der Waals surface area contributed by atoms with Gasteiger partial charge in [-0.1, -0.05) is 238 Å². The molecule has 287 valence electrons. The molecule has 0 saturated carbocycles. The van der Waals surface area contributed by atoms with Gasteiger partial charge in [-0.3, -0.25) is 0 Å². The van der Waals surface area contributed by atoms with Gasteiger partial charge >= 0.3 is 27.0 Å². The van der Waals surface area contributed by atoms with Crippen LogP contribution >= 0.6 is 25.5 Å². The van der Waals surface area contributed by atoms with E-state index in [1.807, 2.05) is 17.3 Å². The van der Waals surface area contributed by atoms with Crippen molar-refractivity contribution < 1.29 is 17.3 Å². The van der Waals surface area contributed by atoms with E-state index in [-0.39, 0.29) is 0 Å². The van der Waals surface area contributed by atoms with E-state index < -0.39 is 15.8 Å². The van der Waals surface area contributed by atoms with Crippen LogP contribution in [0.3, 0.4) is 0 Å². The second kappa shape index (κ2) is 20.3. The smallest absolute Gasteiger partial charge is 0.000884 e. The number of aryl methyl sites for hydroxylation is 1. The van der Waals surface area contributed by atoms with Gasteiger partial charge in [-0.05, 0) is 98.7 Å². The molecule has 0 spiro atoms. The van der Waals surface area contributed by atoms with Crippen LogP contribution in [0, 0.1) is 6.92 Å². The number of benzene rings is 9. The largest absolute Gasteiger partial charge is 0.0622 e. The standard InChI is InChI=1S/C44H32P2.C10H14.ClH.Ru/c1-5-19-35(20-6-1)45(36-21-7-2-8-22-36)41-31-29-33-17-13-15-27-39(33)43(41)44-40-28-16-14-18-34(40)30-32-42(44)46(37-23-9-3-10-24-37)38-25-11-4-12-26-38;1-8(2)10-6-4-9(3)5-7-10;;/h1-32H;4-8H,1-3H3;1H;/q;;;+1/p-1. The van der Waals surface area contributed by atoms with Crippen molar-refractivity contribution in [2.75, 3.05) is 0 Å². The topological polar surface area (TPSA) is 0 Å². The first-order chi connectivity index (χ1) is 28.6. The molecule has 0 saturated heterocycles. The van der Waals surface area contributed by atoms with Crippen LogP contribution in [0.4, 0.5) is 0 Å². The van der Waals surface area contributed by atoms with E-state index in [0.29, 0.717) is 5.92 Å². The van der Waals surface area contributed by atoms with Gasteiger partial charge in [0, 0.05) is 0 Å². The first kappa shape index (κ1) is 41.4. The third kappa shape index (κ3) is 9.42. The zero-order valence-electron chi connectivity index (χ0n) is 33.0. The molecule has 0 nitrogen and oxygen atoms in total. The van der Waals surface area contributed by atoms with Gasteiger partial charge in [0.1, 0.15) is 0 Å². The van der Waals surface area contributed by atoms with Crippen molar-refractivity contribution in [3.8, 4) is 11.1 Å². The molecule has 0 fully saturated rings. The maximum absolute atomic E-state index is 4.57. The van der Waals surface area contributed by atoms with Gasteiger partial charge in [-0.15, -0.1) is 0 Å². The summed E-state index contributed by atoms with van der Waals surface area (Å²) < 4.78 is 0. The van der Waals surface area contributed by atoms with Crippen molar-refractivity contribution in [2.24, 2.45) is 0 Å². The van der Waals surface area contributed by atoms with E-state index >= 15 is 0 Å². The molecule has 9 aromatic rings. The number of hydrogen-bond acceptors (Lipinski definition) is 0. The Morgan fingerprint density at radius 2 is 0.672 bits per heavy atom. The normalized spacial score (nSPS) is 11.0. The summed E-state index contributed by atoms with van der Waals surface area (Å²) in [6, 6.07) is 80.5. The van der Waals surface area contributed by atoms with Gasteiger partial charge in [-0.2, -0.15) is 0 Å². The van der Waals surface area contributed by atoms with Gasteiger partial charge in [0.2, 0.25) is 0 Å². The molecular weight excluding hydrogens is 847 g/mol. The number of halogens is 1. The predicted molar refractivity (Wildman–Crippen MR) is 255 cm³/mol. The second-order valence-electron chi connectivity index (χ2n) is 14.4. The molecule has 4 heteroatoms. The van der Waals surface area contributed by atoms with E-state index in [4.69, 9.17) is 0 Å². The van der Waals surface area contributed by atoms with Crippen LogP contribution in [0.5, 0.6) is 0 Å². The van der Waals surface area contributed by atoms with Gasteiger partial charge in [0.25, 0.3) is 0 Å². The predicted octanol–water partition coefficient (Wildman–Crippen LogP) is 13.0. The maximum atomic E-state index is 4.57. The minimum Gasteiger partial charge on any atom is -0.0622 e. The van der Waals surface area contributed by atoms with E-state index in [2.05, 4.69) is 249 Å². The molecule has 0 amide bonds. The van der Waals surface area contributed by atoms with Crippen molar-refractivity contribution >= 4 is 78.9 Å². The monoisotopic (exact) mass is 893 g/mol. The first-order valence-corrected chi connectivity index (χ1v) is 24.5. The fraction of sp³-hybridized carbons (Fsp3) is 0.0741. The van der Waals surface area contributed by atoms with Crippen molar-refractivity contribution in [3.63, 3.8) is 0 Å². The summed E-state index contributed by atoms with van der Waals surface area (Å²) in [6.07, 6.45) is 0. The summed E-state index contributed by atoms with van der Waals surface area (Å²) in [5.41, 5.74) is 5.46. The van der Waals surface area contributed by atoms with Crippen LogP contribution in [0.2, 0.25) is 0 Å². The van der Waals surface area contributed by atoms with Crippen LogP contribution in [-0.2, 0) is 17.3 Å². The van der Waals surface area contributed by atoms with E-state index in [9.17, 15) is 0 Å². The van der Waals surface area contributed by atoms with Gasteiger partial charge in [-0.25, -0.2) is 0 Å². The molecule has 0 bridgehead atoms. The summed E-state index contributed by atoms with van der Waals surface area (Å²) >= 11 is 1.82. The molecule has 0 aliphatic carbocycles. The van der Waals surface area contributed by atoms with Crippen LogP contribution < -0.4 is 31.8 Å². The van der Waals surface area contributed by atoms with E-state index in [0.717, 1.165) is 0 Å². The summed E-state index contributed by atoms with van der Waals surface area (Å²) in [6.45, 7) is 6.54. The Hall–Kier alpha value is -4.73. The molecule has 0 unspecified atom stereocenters. The second-order valence-corrected chi connectivity index (χ2v) is 18.8. The molecule has 0 heterocycles. The zero-order chi connectivity index (χ0) is 40.3. The third-order valence-corrected chi connectivity index (χ3v) is 15.3. The fourth-order valence-electron chi connectivity index (χ4n) is 7.53. The molecule has 0 N–H and O–H groups in total. The Balaban J connectivity index is 0.000000371. The average Bonchev–Trinajstić information content (AvgIpc) is 3.29. The summed E-state index contributed by atoms with van der Waals surface area (Å²) in [4.78, 5) is 0. The molecule has 0 aliphatic rings. The molecule has 9 rings (SSSR count). The van der Waals surface area contributed by atoms with Crippen molar-refractivity contribution in [1.29, 1.82) is 0 Å². The summed E-state index contributed by atoms with van der Waals surface area (Å²) in [5.74, 6) is 0.653. The Kier molecular flexibility index (Phi) is 14.5. The molecule has 0 atom stereocenters. The van der Waals surface area contributed by atoms with Crippen molar-refractivity contribution in [1.82, 2.24) is 0 Å². The van der Waals surface area contributed by atoms with Crippen LogP contribution in [0.15, 0.2) is 218 Å². The number of hydrogen-bond donors (Lipinski definition) is 0. The Labute approximate surface area is 361 Å². The summed E-state index contributed by atoms with van der Waals surface area (Å²) in [5, 5.41) is 13.3. The quantitative estimate of drug-likeness (QED) is 0.105.